The summed E-state index contributed by atoms with van der Waals surface area (Å²) < 4.78 is 0. The van der Waals surface area contributed by atoms with Crippen molar-refractivity contribution >= 4 is 0 Å². The molecular formula is C16H32N2. The van der Waals surface area contributed by atoms with Crippen molar-refractivity contribution in [3.63, 3.8) is 0 Å². The van der Waals surface area contributed by atoms with Gasteiger partial charge in [-0.05, 0) is 50.6 Å². The number of nitrogens with two attached hydrogens (primary N) is 1. The third-order valence-corrected chi connectivity index (χ3v) is 5.34. The first-order valence-electron chi connectivity index (χ1n) is 8.22. The Kier molecular flexibility index (Phi) is 5.50. The van der Waals surface area contributed by atoms with Gasteiger partial charge in [0.05, 0.1) is 0 Å². The highest BCUT2D eigenvalue weighted by molar-refractivity contribution is 4.89. The third-order valence-electron chi connectivity index (χ3n) is 5.34. The zero-order valence-electron chi connectivity index (χ0n) is 12.4. The molecule has 18 heavy (non-hydrogen) atoms. The van der Waals surface area contributed by atoms with Gasteiger partial charge in [0.25, 0.3) is 0 Å². The van der Waals surface area contributed by atoms with Crippen LogP contribution in [0, 0.1) is 11.8 Å². The number of nitrogens with zero attached hydrogens (tertiary/aromatic N) is 1. The Balaban J connectivity index is 2.01. The van der Waals surface area contributed by atoms with Crippen LogP contribution >= 0.6 is 0 Å². The Morgan fingerprint density at radius 2 is 1.83 bits per heavy atom. The van der Waals surface area contributed by atoms with Gasteiger partial charge in [0, 0.05) is 12.1 Å². The number of hydrogen-bond donors (Lipinski definition) is 1. The van der Waals surface area contributed by atoms with Crippen molar-refractivity contribution < 1.29 is 0 Å². The lowest BCUT2D eigenvalue weighted by Gasteiger charge is -2.45. The van der Waals surface area contributed by atoms with E-state index in [4.69, 9.17) is 5.73 Å². The summed E-state index contributed by atoms with van der Waals surface area (Å²) in [4.78, 5) is 2.83. The monoisotopic (exact) mass is 252 g/mol. The van der Waals surface area contributed by atoms with Crippen LogP contribution in [0.5, 0.6) is 0 Å². The van der Waals surface area contributed by atoms with Gasteiger partial charge < -0.3 is 5.73 Å². The maximum atomic E-state index is 6.02. The van der Waals surface area contributed by atoms with E-state index in [2.05, 4.69) is 18.7 Å². The molecule has 0 aromatic rings. The van der Waals surface area contributed by atoms with E-state index in [-0.39, 0.29) is 0 Å². The number of rotatable bonds is 4. The lowest BCUT2D eigenvalue weighted by atomic mass is 9.80. The lowest BCUT2D eigenvalue weighted by Crippen LogP contribution is -2.50. The van der Waals surface area contributed by atoms with Gasteiger partial charge >= 0.3 is 0 Å². The van der Waals surface area contributed by atoms with Crippen LogP contribution in [0.4, 0.5) is 0 Å². The summed E-state index contributed by atoms with van der Waals surface area (Å²) in [5.41, 5.74) is 6.02. The zero-order valence-corrected chi connectivity index (χ0v) is 12.4. The summed E-state index contributed by atoms with van der Waals surface area (Å²) in [6, 6.07) is 1.62. The van der Waals surface area contributed by atoms with Gasteiger partial charge in [-0.1, -0.05) is 39.5 Å². The minimum atomic E-state index is 0.760. The highest BCUT2D eigenvalue weighted by atomic mass is 15.2. The van der Waals surface area contributed by atoms with E-state index in [1.807, 2.05) is 0 Å². The van der Waals surface area contributed by atoms with Crippen molar-refractivity contribution in [1.29, 1.82) is 0 Å². The largest absolute Gasteiger partial charge is 0.330 e. The van der Waals surface area contributed by atoms with Crippen LogP contribution in [0.2, 0.25) is 0 Å². The minimum Gasteiger partial charge on any atom is -0.330 e. The molecule has 2 fully saturated rings. The van der Waals surface area contributed by atoms with E-state index < -0.39 is 0 Å². The first kappa shape index (κ1) is 14.3. The molecule has 0 heterocycles. The highest BCUT2D eigenvalue weighted by Gasteiger charge is 2.33. The van der Waals surface area contributed by atoms with E-state index >= 15 is 0 Å². The Hall–Kier alpha value is -0.0800. The molecule has 2 nitrogen and oxygen atoms in total. The van der Waals surface area contributed by atoms with Crippen molar-refractivity contribution in [3.05, 3.63) is 0 Å². The molecule has 2 N–H and O–H groups in total. The minimum absolute atomic E-state index is 0.760. The van der Waals surface area contributed by atoms with Gasteiger partial charge in [-0.25, -0.2) is 0 Å². The van der Waals surface area contributed by atoms with E-state index in [1.165, 1.54) is 57.9 Å². The van der Waals surface area contributed by atoms with Crippen molar-refractivity contribution in [3.8, 4) is 0 Å². The molecule has 0 aliphatic heterocycles. The van der Waals surface area contributed by atoms with E-state index in [0.29, 0.717) is 0 Å². The smallest absolute Gasteiger partial charge is 0.0138 e. The Bertz CT molecular complexity index is 241. The molecule has 0 aromatic carbocycles. The Morgan fingerprint density at radius 3 is 2.50 bits per heavy atom. The summed E-state index contributed by atoms with van der Waals surface area (Å²) in [6.07, 6.45) is 11.3. The molecule has 0 amide bonds. The molecule has 4 unspecified atom stereocenters. The van der Waals surface area contributed by atoms with Crippen LogP contribution in [-0.2, 0) is 0 Å². The van der Waals surface area contributed by atoms with Crippen LogP contribution in [0.25, 0.3) is 0 Å². The van der Waals surface area contributed by atoms with Crippen LogP contribution in [0.15, 0.2) is 0 Å². The van der Waals surface area contributed by atoms with Gasteiger partial charge in [0.1, 0.15) is 0 Å². The average molecular weight is 252 g/mol. The molecule has 2 aliphatic rings. The van der Waals surface area contributed by atoms with Gasteiger partial charge in [-0.15, -0.1) is 0 Å². The predicted molar refractivity (Wildman–Crippen MR) is 78.6 cm³/mol. The van der Waals surface area contributed by atoms with Gasteiger partial charge in [-0.2, -0.15) is 0 Å². The molecule has 0 aromatic heterocycles. The van der Waals surface area contributed by atoms with Gasteiger partial charge in [-0.3, -0.25) is 4.90 Å². The molecule has 0 saturated heterocycles. The van der Waals surface area contributed by atoms with E-state index in [1.54, 1.807) is 0 Å². The fraction of sp³-hybridized carbons (Fsp3) is 1.00. The molecule has 0 radical (unpaired) electrons. The second-order valence-electron chi connectivity index (χ2n) is 6.60. The SMILES string of the molecule is CCN(C1CCCC(C)C1)C1CCCCC1CN. The fourth-order valence-corrected chi connectivity index (χ4v) is 4.37. The molecule has 2 heteroatoms. The topological polar surface area (TPSA) is 29.3 Å². The van der Waals surface area contributed by atoms with Crippen LogP contribution in [0.1, 0.15) is 65.2 Å². The third kappa shape index (κ3) is 3.27. The molecule has 0 bridgehead atoms. The fourth-order valence-electron chi connectivity index (χ4n) is 4.37. The van der Waals surface area contributed by atoms with Crippen LogP contribution in [0.3, 0.4) is 0 Å². The summed E-state index contributed by atoms with van der Waals surface area (Å²) in [5, 5.41) is 0. The molecular weight excluding hydrogens is 220 g/mol. The van der Waals surface area contributed by atoms with Gasteiger partial charge in [0.2, 0.25) is 0 Å². The zero-order chi connectivity index (χ0) is 13.0. The van der Waals surface area contributed by atoms with E-state index in [0.717, 1.165) is 30.5 Å². The maximum Gasteiger partial charge on any atom is 0.0138 e. The molecule has 2 saturated carbocycles. The Morgan fingerprint density at radius 1 is 1.06 bits per heavy atom. The quantitative estimate of drug-likeness (QED) is 0.831. The normalized spacial score (nSPS) is 38.0. The highest BCUT2D eigenvalue weighted by Crippen LogP contribution is 2.34. The van der Waals surface area contributed by atoms with Crippen LogP contribution < -0.4 is 5.73 Å². The summed E-state index contributed by atoms with van der Waals surface area (Å²) in [5.74, 6) is 1.69. The molecule has 4 atom stereocenters. The Labute approximate surface area is 113 Å². The summed E-state index contributed by atoms with van der Waals surface area (Å²) in [6.45, 7) is 6.89. The molecule has 2 rings (SSSR count). The standard InChI is InChI=1S/C16H32N2/c1-3-18(15-9-6-7-13(2)11-15)16-10-5-4-8-14(16)12-17/h13-16H,3-12,17H2,1-2H3. The van der Waals surface area contributed by atoms with Crippen molar-refractivity contribution in [2.75, 3.05) is 13.1 Å². The second-order valence-corrected chi connectivity index (χ2v) is 6.60. The maximum absolute atomic E-state index is 6.02. The van der Waals surface area contributed by atoms with Gasteiger partial charge in [0.15, 0.2) is 0 Å². The first-order chi connectivity index (χ1) is 8.76. The van der Waals surface area contributed by atoms with Crippen LogP contribution in [-0.4, -0.2) is 30.1 Å². The molecule has 0 spiro atoms. The van der Waals surface area contributed by atoms with Crippen molar-refractivity contribution in [2.24, 2.45) is 17.6 Å². The van der Waals surface area contributed by atoms with Crippen molar-refractivity contribution in [2.45, 2.75) is 77.3 Å². The molecule has 2 aliphatic carbocycles. The second kappa shape index (κ2) is 6.91. The summed E-state index contributed by atoms with van der Waals surface area (Å²) >= 11 is 0. The molecule has 106 valence electrons. The number of hydrogen-bond acceptors (Lipinski definition) is 2. The first-order valence-corrected chi connectivity index (χ1v) is 8.22. The average Bonchev–Trinajstić information content (AvgIpc) is 2.40. The van der Waals surface area contributed by atoms with Crippen molar-refractivity contribution in [1.82, 2.24) is 4.90 Å². The predicted octanol–water partition coefficient (Wildman–Crippen LogP) is 3.40. The lowest BCUT2D eigenvalue weighted by molar-refractivity contribution is 0.0441. The summed E-state index contributed by atoms with van der Waals surface area (Å²) in [7, 11) is 0. The van der Waals surface area contributed by atoms with E-state index in [9.17, 15) is 0 Å².